The number of phosphoric acid groups is 1. The Kier molecular flexibility index (Phi) is 43.1. The van der Waals surface area contributed by atoms with Crippen LogP contribution in [0.15, 0.2) is 60.8 Å². The maximum Gasteiger partial charge on any atom is 0.472 e. The first-order valence-electron chi connectivity index (χ1n) is 25.7. The van der Waals surface area contributed by atoms with E-state index in [9.17, 15) is 19.4 Å². The van der Waals surface area contributed by atoms with E-state index in [0.29, 0.717) is 17.4 Å². The van der Waals surface area contributed by atoms with Crippen molar-refractivity contribution in [1.82, 2.24) is 5.32 Å². The summed E-state index contributed by atoms with van der Waals surface area (Å²) in [5.41, 5.74) is 0. The molecule has 362 valence electrons. The molecule has 3 N–H and O–H groups in total. The van der Waals surface area contributed by atoms with Crippen LogP contribution in [0.4, 0.5) is 0 Å². The van der Waals surface area contributed by atoms with Gasteiger partial charge in [0.1, 0.15) is 13.2 Å². The normalized spacial score (nSPS) is 14.6. The van der Waals surface area contributed by atoms with Gasteiger partial charge in [0.05, 0.1) is 39.9 Å². The molecule has 0 heterocycles. The molecule has 3 unspecified atom stereocenters. The Balaban J connectivity index is 4.38. The van der Waals surface area contributed by atoms with Gasteiger partial charge in [-0.2, -0.15) is 0 Å². The number of carbonyl (C=O) groups is 1. The van der Waals surface area contributed by atoms with E-state index < -0.39 is 20.0 Å². The molecule has 0 spiro atoms. The summed E-state index contributed by atoms with van der Waals surface area (Å²) in [6.07, 6.45) is 58.8. The minimum atomic E-state index is -4.36. The second-order valence-corrected chi connectivity index (χ2v) is 20.0. The summed E-state index contributed by atoms with van der Waals surface area (Å²) in [5.74, 6) is -0.200. The van der Waals surface area contributed by atoms with Crippen LogP contribution in [0.2, 0.25) is 0 Å². The lowest BCUT2D eigenvalue weighted by atomic mass is 10.1. The maximum atomic E-state index is 12.9. The summed E-state index contributed by atoms with van der Waals surface area (Å²) >= 11 is 0. The fraction of sp³-hybridized carbons (Fsp3) is 0.792. The third kappa shape index (κ3) is 46.2. The van der Waals surface area contributed by atoms with Crippen LogP contribution in [0.3, 0.4) is 0 Å². The Labute approximate surface area is 383 Å². The number of hydrogen-bond acceptors (Lipinski definition) is 5. The summed E-state index contributed by atoms with van der Waals surface area (Å²) in [6.45, 7) is 4.77. The Morgan fingerprint density at radius 2 is 0.935 bits per heavy atom. The number of likely N-dealkylation sites (N-methyl/N-ethyl adjacent to an activating group) is 1. The molecular weight excluding hydrogens is 792 g/mol. The number of unbranched alkanes of at least 4 members (excludes halogenated alkanes) is 25. The van der Waals surface area contributed by atoms with Crippen LogP contribution >= 0.6 is 7.82 Å². The van der Waals surface area contributed by atoms with Gasteiger partial charge in [0.15, 0.2) is 0 Å². The second kappa shape index (κ2) is 44.4. The number of phosphoric ester groups is 1. The molecular formula is C53H100N2O6P+. The molecule has 3 atom stereocenters. The van der Waals surface area contributed by atoms with Crippen LogP contribution in [-0.4, -0.2) is 73.4 Å². The lowest BCUT2D eigenvalue weighted by molar-refractivity contribution is -0.870. The van der Waals surface area contributed by atoms with Gasteiger partial charge in [-0.1, -0.05) is 197 Å². The van der Waals surface area contributed by atoms with E-state index >= 15 is 0 Å². The van der Waals surface area contributed by atoms with Crippen LogP contribution in [0.25, 0.3) is 0 Å². The van der Waals surface area contributed by atoms with Crippen molar-refractivity contribution in [2.75, 3.05) is 40.9 Å². The molecule has 0 radical (unpaired) electrons. The van der Waals surface area contributed by atoms with Crippen molar-refractivity contribution in [3.8, 4) is 0 Å². The van der Waals surface area contributed by atoms with E-state index in [0.717, 1.165) is 57.8 Å². The first-order chi connectivity index (χ1) is 30.0. The van der Waals surface area contributed by atoms with E-state index in [-0.39, 0.29) is 19.1 Å². The molecule has 0 aromatic rings. The molecule has 0 aromatic carbocycles. The van der Waals surface area contributed by atoms with Crippen molar-refractivity contribution < 1.29 is 32.9 Å². The molecule has 62 heavy (non-hydrogen) atoms. The van der Waals surface area contributed by atoms with Gasteiger partial charge in [0, 0.05) is 6.42 Å². The largest absolute Gasteiger partial charge is 0.472 e. The number of rotatable bonds is 46. The van der Waals surface area contributed by atoms with Gasteiger partial charge in [0.25, 0.3) is 0 Å². The van der Waals surface area contributed by atoms with Crippen molar-refractivity contribution in [3.05, 3.63) is 60.8 Å². The van der Waals surface area contributed by atoms with Gasteiger partial charge in [-0.05, 0) is 77.0 Å². The Morgan fingerprint density at radius 3 is 1.39 bits per heavy atom. The van der Waals surface area contributed by atoms with E-state index in [1.54, 1.807) is 6.08 Å². The molecule has 0 aliphatic heterocycles. The molecule has 0 fully saturated rings. The summed E-state index contributed by atoms with van der Waals surface area (Å²) in [5, 5.41) is 13.8. The minimum Gasteiger partial charge on any atom is -0.387 e. The van der Waals surface area contributed by atoms with Gasteiger partial charge in [-0.15, -0.1) is 0 Å². The summed E-state index contributed by atoms with van der Waals surface area (Å²) in [6, 6.07) is -0.876. The highest BCUT2D eigenvalue weighted by Gasteiger charge is 2.27. The number of allylic oxidation sites excluding steroid dienone is 9. The zero-order valence-electron chi connectivity index (χ0n) is 41.1. The molecule has 0 rings (SSSR count). The first-order valence-corrected chi connectivity index (χ1v) is 27.2. The van der Waals surface area contributed by atoms with E-state index in [1.165, 1.54) is 141 Å². The minimum absolute atomic E-state index is 0.0498. The van der Waals surface area contributed by atoms with Crippen molar-refractivity contribution in [1.29, 1.82) is 0 Å². The third-order valence-electron chi connectivity index (χ3n) is 11.2. The number of carbonyl (C=O) groups excluding carboxylic acids is 1. The van der Waals surface area contributed by atoms with Crippen LogP contribution < -0.4 is 5.32 Å². The maximum absolute atomic E-state index is 12.9. The van der Waals surface area contributed by atoms with Crippen LogP contribution in [-0.2, 0) is 18.4 Å². The fourth-order valence-corrected chi connectivity index (χ4v) is 7.84. The first kappa shape index (κ1) is 60.2. The highest BCUT2D eigenvalue weighted by Crippen LogP contribution is 2.43. The quantitative estimate of drug-likeness (QED) is 0.0243. The molecule has 8 nitrogen and oxygen atoms in total. The van der Waals surface area contributed by atoms with Gasteiger partial charge in [-0.25, -0.2) is 4.57 Å². The van der Waals surface area contributed by atoms with Crippen molar-refractivity contribution in [2.24, 2.45) is 0 Å². The fourth-order valence-electron chi connectivity index (χ4n) is 7.10. The molecule has 0 bridgehead atoms. The van der Waals surface area contributed by atoms with Crippen LogP contribution in [0.5, 0.6) is 0 Å². The lowest BCUT2D eigenvalue weighted by Gasteiger charge is -2.25. The van der Waals surface area contributed by atoms with Gasteiger partial charge >= 0.3 is 7.82 Å². The number of nitrogens with zero attached hydrogens (tertiary/aromatic N) is 1. The average molecular weight is 892 g/mol. The molecule has 0 saturated carbocycles. The Morgan fingerprint density at radius 1 is 0.548 bits per heavy atom. The standard InChI is InChI=1S/C53H99N2O6P/c1-6-8-10-12-14-16-18-20-22-24-25-26-27-28-29-31-33-35-37-39-41-43-45-47-53(57)54-51(50-61-62(58,59)60-49-48-55(3,4)5)52(56)46-44-42-40-38-36-34-32-30-23-21-19-17-15-13-11-9-7-2/h23,25-26,28-30,36,38,44,46,51-52,56H,6-22,24,27,31-35,37,39-43,45,47-50H2,1-5H3,(H-,54,57,58,59)/p+1/b26-25-,29-28-,30-23+,38-36+,46-44+. The number of amides is 1. The van der Waals surface area contributed by atoms with Gasteiger partial charge < -0.3 is 19.8 Å². The zero-order valence-corrected chi connectivity index (χ0v) is 42.0. The van der Waals surface area contributed by atoms with E-state index in [4.69, 9.17) is 9.05 Å². The summed E-state index contributed by atoms with van der Waals surface area (Å²) in [4.78, 5) is 23.2. The molecule has 0 saturated heterocycles. The van der Waals surface area contributed by atoms with Crippen molar-refractivity contribution in [3.63, 3.8) is 0 Å². The van der Waals surface area contributed by atoms with Crippen LogP contribution in [0.1, 0.15) is 219 Å². The Bertz CT molecular complexity index is 1190. The zero-order chi connectivity index (χ0) is 45.7. The smallest absolute Gasteiger partial charge is 0.387 e. The number of aliphatic hydroxyl groups is 1. The predicted octanol–water partition coefficient (Wildman–Crippen LogP) is 15.0. The topological polar surface area (TPSA) is 105 Å². The van der Waals surface area contributed by atoms with E-state index in [2.05, 4.69) is 67.8 Å². The monoisotopic (exact) mass is 892 g/mol. The summed E-state index contributed by atoms with van der Waals surface area (Å²) in [7, 11) is 1.54. The predicted molar refractivity (Wildman–Crippen MR) is 267 cm³/mol. The third-order valence-corrected chi connectivity index (χ3v) is 12.2. The highest BCUT2D eigenvalue weighted by molar-refractivity contribution is 7.47. The molecule has 0 aromatic heterocycles. The lowest BCUT2D eigenvalue weighted by Crippen LogP contribution is -2.45. The SMILES string of the molecule is CCCCCCCCC/C=C/CC/C=C/CC/C=C/C(O)C(COP(=O)(O)OCC[N+](C)(C)C)NC(=O)CCCCCCCCC/C=C\C/C=C\CCCCCCCCCCC. The second-order valence-electron chi connectivity index (χ2n) is 18.5. The number of quaternary nitrogens is 1. The van der Waals surface area contributed by atoms with Gasteiger partial charge in [0.2, 0.25) is 5.91 Å². The number of nitrogens with one attached hydrogen (secondary N) is 1. The summed E-state index contributed by atoms with van der Waals surface area (Å²) < 4.78 is 23.6. The highest BCUT2D eigenvalue weighted by atomic mass is 31.2. The average Bonchev–Trinajstić information content (AvgIpc) is 3.23. The van der Waals surface area contributed by atoms with Crippen molar-refractivity contribution in [2.45, 2.75) is 231 Å². The Hall–Kier alpha value is -1.80. The molecule has 0 aliphatic carbocycles. The number of aliphatic hydroxyl groups excluding tert-OH is 1. The van der Waals surface area contributed by atoms with Crippen LogP contribution in [0, 0.1) is 0 Å². The molecule has 1 amide bonds. The molecule has 0 aliphatic rings. The number of hydrogen-bond donors (Lipinski definition) is 3. The van der Waals surface area contributed by atoms with Crippen molar-refractivity contribution >= 4 is 13.7 Å². The van der Waals surface area contributed by atoms with E-state index in [1.807, 2.05) is 27.2 Å². The van der Waals surface area contributed by atoms with Gasteiger partial charge in [-0.3, -0.25) is 13.8 Å². The molecule has 9 heteroatoms.